The van der Waals surface area contributed by atoms with Gasteiger partial charge in [0.2, 0.25) is 0 Å². The second-order valence-electron chi connectivity index (χ2n) is 3.96. The van der Waals surface area contributed by atoms with Crippen LogP contribution < -0.4 is 0 Å². The lowest BCUT2D eigenvalue weighted by Gasteiger charge is -2.06. The van der Waals surface area contributed by atoms with Crippen LogP contribution >= 0.6 is 31.9 Å². The maximum absolute atomic E-state index is 11.2. The molecule has 0 saturated heterocycles. The molecule has 2 aromatic carbocycles. The van der Waals surface area contributed by atoms with Crippen LogP contribution in [0.15, 0.2) is 67.6 Å². The Kier molecular flexibility index (Phi) is 4.98. The first-order chi connectivity index (χ1) is 9.65. The van der Waals surface area contributed by atoms with Gasteiger partial charge in [-0.05, 0) is 36.2 Å². The zero-order valence-electron chi connectivity index (χ0n) is 10.4. The van der Waals surface area contributed by atoms with Crippen LogP contribution in [-0.4, -0.2) is 6.72 Å². The van der Waals surface area contributed by atoms with E-state index in [1.807, 2.05) is 48.5 Å². The molecule has 0 radical (unpaired) electrons. The van der Waals surface area contributed by atoms with Crippen LogP contribution in [-0.2, 0) is 0 Å². The normalized spacial score (nSPS) is 11.7. The average Bonchev–Trinajstić information content (AvgIpc) is 2.47. The van der Waals surface area contributed by atoms with E-state index in [4.69, 9.17) is 0 Å². The van der Waals surface area contributed by atoms with Crippen LogP contribution in [0.2, 0.25) is 0 Å². The van der Waals surface area contributed by atoms with Crippen molar-refractivity contribution < 1.29 is 0 Å². The SMILES string of the molecule is C=N/C(=C(\N=O)c1ccc(Br)cc1)c1ccc(Br)cc1. The van der Waals surface area contributed by atoms with Crippen LogP contribution in [0.5, 0.6) is 0 Å². The number of rotatable bonds is 4. The van der Waals surface area contributed by atoms with Gasteiger partial charge >= 0.3 is 0 Å². The zero-order valence-corrected chi connectivity index (χ0v) is 13.6. The van der Waals surface area contributed by atoms with Gasteiger partial charge in [0, 0.05) is 20.1 Å². The maximum Gasteiger partial charge on any atom is 0.141 e. The number of halogens is 2. The third kappa shape index (κ3) is 3.29. The predicted octanol–water partition coefficient (Wildman–Crippen LogP) is 5.50. The lowest BCUT2D eigenvalue weighted by molar-refractivity contribution is 1.42. The number of hydrogen-bond donors (Lipinski definition) is 0. The van der Waals surface area contributed by atoms with Gasteiger partial charge in [0.1, 0.15) is 5.70 Å². The van der Waals surface area contributed by atoms with Crippen molar-refractivity contribution in [1.82, 2.24) is 0 Å². The molecule has 20 heavy (non-hydrogen) atoms. The van der Waals surface area contributed by atoms with E-state index in [0.29, 0.717) is 11.3 Å². The first-order valence-electron chi connectivity index (χ1n) is 5.72. The lowest BCUT2D eigenvalue weighted by Crippen LogP contribution is -1.88. The van der Waals surface area contributed by atoms with Gasteiger partial charge in [-0.3, -0.25) is 4.99 Å². The minimum atomic E-state index is 0.273. The number of hydrogen-bond acceptors (Lipinski definition) is 3. The molecule has 0 spiro atoms. The number of aliphatic imine (C=N–C) groups is 1. The van der Waals surface area contributed by atoms with Crippen molar-refractivity contribution in [1.29, 1.82) is 0 Å². The lowest BCUT2D eigenvalue weighted by atomic mass is 10.1. The molecule has 0 unspecified atom stereocenters. The largest absolute Gasteiger partial charge is 0.262 e. The van der Waals surface area contributed by atoms with Gasteiger partial charge in [0.05, 0.1) is 5.70 Å². The molecule has 0 bridgehead atoms. The molecule has 0 heterocycles. The zero-order chi connectivity index (χ0) is 14.5. The monoisotopic (exact) mass is 392 g/mol. The van der Waals surface area contributed by atoms with Crippen molar-refractivity contribution in [2.45, 2.75) is 0 Å². The molecule has 0 atom stereocenters. The van der Waals surface area contributed by atoms with Crippen molar-refractivity contribution in [2.75, 3.05) is 0 Å². The second kappa shape index (κ2) is 6.72. The topological polar surface area (TPSA) is 41.8 Å². The number of nitroso groups, excluding NO2 is 1. The van der Waals surface area contributed by atoms with E-state index >= 15 is 0 Å². The summed E-state index contributed by atoms with van der Waals surface area (Å²) in [6, 6.07) is 14.8. The molecule has 0 amide bonds. The van der Waals surface area contributed by atoms with Crippen molar-refractivity contribution in [3.8, 4) is 0 Å². The molecule has 5 heteroatoms. The molecule has 0 N–H and O–H groups in total. The highest BCUT2D eigenvalue weighted by Crippen LogP contribution is 2.29. The van der Waals surface area contributed by atoms with Crippen molar-refractivity contribution >= 4 is 50.0 Å². The number of benzene rings is 2. The molecule has 2 rings (SSSR count). The first kappa shape index (κ1) is 14.8. The quantitative estimate of drug-likeness (QED) is 0.384. The molecular formula is C15H10Br2N2O. The Hall–Kier alpha value is -1.59. The standard InChI is InChI=1S/C15H10Br2N2O/c1-18-14(10-2-6-12(16)7-3-10)15(19-20)11-4-8-13(17)9-5-11/h2-9H,1H2/b15-14-. The van der Waals surface area contributed by atoms with E-state index in [9.17, 15) is 4.91 Å². The molecule has 0 fully saturated rings. The Bertz CT molecular complexity index is 602. The van der Waals surface area contributed by atoms with Crippen LogP contribution in [0.1, 0.15) is 11.1 Å². The van der Waals surface area contributed by atoms with Gasteiger partial charge in [-0.1, -0.05) is 56.1 Å². The Morgan fingerprint density at radius 2 is 1.20 bits per heavy atom. The van der Waals surface area contributed by atoms with E-state index in [2.05, 4.69) is 48.7 Å². The molecule has 0 saturated carbocycles. The van der Waals surface area contributed by atoms with Crippen LogP contribution in [0, 0.1) is 4.91 Å². The predicted molar refractivity (Wildman–Crippen MR) is 90.4 cm³/mol. The third-order valence-electron chi connectivity index (χ3n) is 2.71. The summed E-state index contributed by atoms with van der Waals surface area (Å²) in [5, 5.41) is 3.13. The van der Waals surface area contributed by atoms with Crippen LogP contribution in [0.3, 0.4) is 0 Å². The third-order valence-corrected chi connectivity index (χ3v) is 3.77. The highest BCUT2D eigenvalue weighted by Gasteiger charge is 2.11. The fourth-order valence-corrected chi connectivity index (χ4v) is 2.28. The fourth-order valence-electron chi connectivity index (χ4n) is 1.75. The summed E-state index contributed by atoms with van der Waals surface area (Å²) in [7, 11) is 0. The Balaban J connectivity index is 2.58. The summed E-state index contributed by atoms with van der Waals surface area (Å²) < 4.78 is 1.89. The highest BCUT2D eigenvalue weighted by atomic mass is 79.9. The van der Waals surface area contributed by atoms with Gasteiger partial charge < -0.3 is 0 Å². The summed E-state index contributed by atoms with van der Waals surface area (Å²) in [5.74, 6) is 0. The Morgan fingerprint density at radius 1 is 0.800 bits per heavy atom. The van der Waals surface area contributed by atoms with E-state index < -0.39 is 0 Å². The molecule has 2 aromatic rings. The van der Waals surface area contributed by atoms with E-state index in [0.717, 1.165) is 14.5 Å². The highest BCUT2D eigenvalue weighted by molar-refractivity contribution is 9.10. The minimum absolute atomic E-state index is 0.273. The smallest absolute Gasteiger partial charge is 0.141 e. The van der Waals surface area contributed by atoms with Gasteiger partial charge in [-0.15, -0.1) is 4.91 Å². The maximum atomic E-state index is 11.2. The van der Waals surface area contributed by atoms with E-state index in [-0.39, 0.29) is 5.70 Å². The summed E-state index contributed by atoms with van der Waals surface area (Å²) in [5.41, 5.74) is 2.24. The molecule has 0 aliphatic heterocycles. The molecule has 0 aliphatic carbocycles. The average molecular weight is 394 g/mol. The van der Waals surface area contributed by atoms with Gasteiger partial charge in [-0.25, -0.2) is 0 Å². The summed E-state index contributed by atoms with van der Waals surface area (Å²) in [4.78, 5) is 15.2. The summed E-state index contributed by atoms with van der Waals surface area (Å²) in [6.07, 6.45) is 0. The van der Waals surface area contributed by atoms with Crippen LogP contribution in [0.25, 0.3) is 11.4 Å². The summed E-state index contributed by atoms with van der Waals surface area (Å²) >= 11 is 6.73. The fraction of sp³-hybridized carbons (Fsp3) is 0. The summed E-state index contributed by atoms with van der Waals surface area (Å²) in [6.45, 7) is 3.54. The minimum Gasteiger partial charge on any atom is -0.262 e. The van der Waals surface area contributed by atoms with Gasteiger partial charge in [-0.2, -0.15) is 0 Å². The van der Waals surface area contributed by atoms with Crippen LogP contribution in [0.4, 0.5) is 0 Å². The molecule has 0 aliphatic rings. The van der Waals surface area contributed by atoms with Crippen molar-refractivity contribution in [2.24, 2.45) is 10.2 Å². The second-order valence-corrected chi connectivity index (χ2v) is 5.79. The Labute approximate surface area is 133 Å². The Morgan fingerprint density at radius 3 is 1.55 bits per heavy atom. The van der Waals surface area contributed by atoms with Crippen molar-refractivity contribution in [3.63, 3.8) is 0 Å². The van der Waals surface area contributed by atoms with E-state index in [1.54, 1.807) is 0 Å². The van der Waals surface area contributed by atoms with E-state index in [1.165, 1.54) is 0 Å². The van der Waals surface area contributed by atoms with Gasteiger partial charge in [0.25, 0.3) is 0 Å². The van der Waals surface area contributed by atoms with Crippen molar-refractivity contribution in [3.05, 3.63) is 73.5 Å². The molecule has 3 nitrogen and oxygen atoms in total. The first-order valence-corrected chi connectivity index (χ1v) is 7.30. The number of nitrogens with zero attached hydrogens (tertiary/aromatic N) is 2. The molecule has 100 valence electrons. The molecule has 0 aromatic heterocycles. The molecular weight excluding hydrogens is 384 g/mol. The van der Waals surface area contributed by atoms with Gasteiger partial charge in [0.15, 0.2) is 0 Å².